The third kappa shape index (κ3) is 3.84. The molecule has 32 heavy (non-hydrogen) atoms. The summed E-state index contributed by atoms with van der Waals surface area (Å²) in [7, 11) is 4.81. The van der Waals surface area contributed by atoms with Gasteiger partial charge in [0.05, 0.1) is 26.2 Å². The molecule has 1 aliphatic rings. The van der Waals surface area contributed by atoms with Gasteiger partial charge in [-0.05, 0) is 53.3 Å². The first-order chi connectivity index (χ1) is 15.5. The summed E-state index contributed by atoms with van der Waals surface area (Å²) in [6.45, 7) is 2.09. The first-order valence-corrected chi connectivity index (χ1v) is 11.3. The first-order valence-electron chi connectivity index (χ1n) is 10.4. The zero-order valence-electron chi connectivity index (χ0n) is 18.5. The van der Waals surface area contributed by atoms with Crippen molar-refractivity contribution >= 4 is 28.8 Å². The van der Waals surface area contributed by atoms with E-state index in [-0.39, 0.29) is 11.8 Å². The number of ether oxygens (including phenoxy) is 2. The molecule has 0 radical (unpaired) electrons. The van der Waals surface area contributed by atoms with E-state index in [9.17, 15) is 9.59 Å². The van der Waals surface area contributed by atoms with E-state index in [1.165, 1.54) is 24.0 Å². The molecule has 3 aromatic rings. The lowest BCUT2D eigenvalue weighted by atomic mass is 9.81. The van der Waals surface area contributed by atoms with Crippen molar-refractivity contribution in [3.05, 3.63) is 75.5 Å². The highest BCUT2D eigenvalue weighted by Crippen LogP contribution is 2.46. The van der Waals surface area contributed by atoms with E-state index in [4.69, 9.17) is 9.47 Å². The second kappa shape index (κ2) is 9.04. The summed E-state index contributed by atoms with van der Waals surface area (Å²) >= 11 is 1.53. The van der Waals surface area contributed by atoms with Gasteiger partial charge in [-0.25, -0.2) is 0 Å². The first kappa shape index (κ1) is 21.9. The Labute approximate surface area is 191 Å². The molecular formula is C25H26N2O4S. The van der Waals surface area contributed by atoms with Gasteiger partial charge in [-0.15, -0.1) is 11.3 Å². The van der Waals surface area contributed by atoms with Crippen molar-refractivity contribution in [2.24, 2.45) is 0 Å². The smallest absolute Gasteiger partial charge is 0.254 e. The minimum absolute atomic E-state index is 0.157. The number of hydrogen-bond donors (Lipinski definition) is 1. The molecule has 0 saturated carbocycles. The summed E-state index contributed by atoms with van der Waals surface area (Å²) in [5.74, 6) is -0.0105. The standard InChI is InChI=1S/C25H26N2O4S/c1-5-15-8-10-16(11-9-15)26-24(28)22-17-13-19(30-3)20(31-4)14-18(17)25(29)27(2)23(22)21-7-6-12-32-21/h6-14,22-23H,5H2,1-4H3,(H,26,28)/t22-,23+/m0/s1. The van der Waals surface area contributed by atoms with Crippen molar-refractivity contribution in [1.29, 1.82) is 0 Å². The number of carbonyl (C=O) groups excluding carboxylic acids is 2. The van der Waals surface area contributed by atoms with Crippen LogP contribution in [0.3, 0.4) is 0 Å². The molecule has 6 nitrogen and oxygen atoms in total. The zero-order valence-corrected chi connectivity index (χ0v) is 19.4. The fourth-order valence-corrected chi connectivity index (χ4v) is 5.10. The number of aryl methyl sites for hydroxylation is 1. The van der Waals surface area contributed by atoms with Gasteiger partial charge in [-0.1, -0.05) is 25.1 Å². The zero-order chi connectivity index (χ0) is 22.8. The number of anilines is 1. The van der Waals surface area contributed by atoms with E-state index in [2.05, 4.69) is 12.2 Å². The molecule has 2 atom stereocenters. The van der Waals surface area contributed by atoms with E-state index in [0.717, 1.165) is 17.0 Å². The fraction of sp³-hybridized carbons (Fsp3) is 0.280. The van der Waals surface area contributed by atoms with E-state index in [1.807, 2.05) is 41.8 Å². The van der Waals surface area contributed by atoms with Crippen LogP contribution in [0.5, 0.6) is 11.5 Å². The van der Waals surface area contributed by atoms with Gasteiger partial charge in [0.25, 0.3) is 5.91 Å². The van der Waals surface area contributed by atoms with Gasteiger partial charge in [-0.3, -0.25) is 9.59 Å². The van der Waals surface area contributed by atoms with Crippen molar-refractivity contribution in [2.45, 2.75) is 25.3 Å². The predicted molar refractivity (Wildman–Crippen MR) is 126 cm³/mol. The van der Waals surface area contributed by atoms with E-state index in [1.54, 1.807) is 31.2 Å². The largest absolute Gasteiger partial charge is 0.493 e. The molecule has 166 valence electrons. The molecule has 0 unspecified atom stereocenters. The van der Waals surface area contributed by atoms with Crippen LogP contribution in [-0.2, 0) is 11.2 Å². The van der Waals surface area contributed by atoms with Gasteiger partial charge >= 0.3 is 0 Å². The maximum Gasteiger partial charge on any atom is 0.254 e. The van der Waals surface area contributed by atoms with E-state index < -0.39 is 12.0 Å². The molecule has 7 heteroatoms. The van der Waals surface area contributed by atoms with Crippen LogP contribution in [0, 0.1) is 0 Å². The molecule has 0 fully saturated rings. The number of nitrogens with zero attached hydrogens (tertiary/aromatic N) is 1. The normalized spacial score (nSPS) is 17.6. The molecule has 0 spiro atoms. The third-order valence-electron chi connectivity index (χ3n) is 5.92. The minimum atomic E-state index is -0.614. The van der Waals surface area contributed by atoms with Crippen molar-refractivity contribution in [3.63, 3.8) is 0 Å². The Kier molecular flexibility index (Phi) is 6.19. The Morgan fingerprint density at radius 2 is 1.78 bits per heavy atom. The summed E-state index contributed by atoms with van der Waals surface area (Å²) in [5, 5.41) is 5.01. The number of amides is 2. The van der Waals surface area contributed by atoms with Gasteiger partial charge in [0.15, 0.2) is 11.5 Å². The SMILES string of the molecule is CCc1ccc(NC(=O)[C@H]2c3cc(OC)c(OC)cc3C(=O)N(C)[C@@H]2c2cccs2)cc1. The van der Waals surface area contributed by atoms with Crippen LogP contribution in [0.25, 0.3) is 0 Å². The number of carbonyl (C=O) groups is 2. The van der Waals surface area contributed by atoms with Crippen LogP contribution in [0.15, 0.2) is 53.9 Å². The molecule has 1 aromatic heterocycles. The van der Waals surface area contributed by atoms with Gasteiger partial charge in [0, 0.05) is 23.2 Å². The number of benzene rings is 2. The average Bonchev–Trinajstić information content (AvgIpc) is 3.35. The molecule has 1 aliphatic heterocycles. The molecule has 2 heterocycles. The highest BCUT2D eigenvalue weighted by Gasteiger charge is 2.44. The van der Waals surface area contributed by atoms with Gasteiger partial charge in [-0.2, -0.15) is 0 Å². The number of rotatable bonds is 6. The highest BCUT2D eigenvalue weighted by molar-refractivity contribution is 7.10. The summed E-state index contributed by atoms with van der Waals surface area (Å²) in [4.78, 5) is 29.6. The second-order valence-corrected chi connectivity index (χ2v) is 8.67. The molecule has 2 aromatic carbocycles. The predicted octanol–water partition coefficient (Wildman–Crippen LogP) is 4.88. The van der Waals surface area contributed by atoms with Crippen LogP contribution in [-0.4, -0.2) is 38.0 Å². The number of likely N-dealkylation sites (N-methyl/N-ethyl adjacent to an activating group) is 1. The van der Waals surface area contributed by atoms with Gasteiger partial charge in [0.1, 0.15) is 0 Å². The number of hydrogen-bond acceptors (Lipinski definition) is 5. The number of methoxy groups -OCH3 is 2. The molecule has 0 saturated heterocycles. The maximum atomic E-state index is 13.7. The molecular weight excluding hydrogens is 424 g/mol. The molecule has 0 aliphatic carbocycles. The summed E-state index contributed by atoms with van der Waals surface area (Å²) < 4.78 is 10.9. The lowest BCUT2D eigenvalue weighted by Gasteiger charge is -2.39. The van der Waals surface area contributed by atoms with Crippen LogP contribution in [0.2, 0.25) is 0 Å². The topological polar surface area (TPSA) is 67.9 Å². The lowest BCUT2D eigenvalue weighted by molar-refractivity contribution is -0.119. The van der Waals surface area contributed by atoms with Crippen LogP contribution < -0.4 is 14.8 Å². The van der Waals surface area contributed by atoms with Crippen molar-refractivity contribution in [2.75, 3.05) is 26.6 Å². The Bertz CT molecular complexity index is 1130. The van der Waals surface area contributed by atoms with Gasteiger partial charge in [0.2, 0.25) is 5.91 Å². The molecule has 2 amide bonds. The summed E-state index contributed by atoms with van der Waals surface area (Å²) in [6.07, 6.45) is 0.930. The quantitative estimate of drug-likeness (QED) is 0.581. The fourth-order valence-electron chi connectivity index (χ4n) is 4.19. The highest BCUT2D eigenvalue weighted by atomic mass is 32.1. The summed E-state index contributed by atoms with van der Waals surface area (Å²) in [6, 6.07) is 14.7. The summed E-state index contributed by atoms with van der Waals surface area (Å²) in [5.41, 5.74) is 3.00. The van der Waals surface area contributed by atoms with Gasteiger partial charge < -0.3 is 19.7 Å². The van der Waals surface area contributed by atoms with E-state index >= 15 is 0 Å². The van der Waals surface area contributed by atoms with Crippen LogP contribution in [0.4, 0.5) is 5.69 Å². The third-order valence-corrected chi connectivity index (χ3v) is 6.86. The number of fused-ring (bicyclic) bond motifs is 1. The molecule has 4 rings (SSSR count). The Balaban J connectivity index is 1.82. The van der Waals surface area contributed by atoms with Crippen molar-refractivity contribution in [1.82, 2.24) is 4.90 Å². The monoisotopic (exact) mass is 450 g/mol. The maximum absolute atomic E-state index is 13.7. The average molecular weight is 451 g/mol. The Morgan fingerprint density at radius 1 is 1.09 bits per heavy atom. The van der Waals surface area contributed by atoms with Crippen LogP contribution in [0.1, 0.15) is 45.2 Å². The van der Waals surface area contributed by atoms with Crippen molar-refractivity contribution < 1.29 is 19.1 Å². The van der Waals surface area contributed by atoms with E-state index in [0.29, 0.717) is 22.6 Å². The van der Waals surface area contributed by atoms with Crippen molar-refractivity contribution in [3.8, 4) is 11.5 Å². The Morgan fingerprint density at radius 3 is 2.38 bits per heavy atom. The number of nitrogens with one attached hydrogen (secondary N) is 1. The second-order valence-electron chi connectivity index (χ2n) is 7.69. The number of thiophene rings is 1. The molecule has 1 N–H and O–H groups in total. The minimum Gasteiger partial charge on any atom is -0.493 e. The Hall–Kier alpha value is -3.32. The van der Waals surface area contributed by atoms with Crippen LogP contribution >= 0.6 is 11.3 Å². The molecule has 0 bridgehead atoms. The lowest BCUT2D eigenvalue weighted by Crippen LogP contribution is -2.43.